The average Bonchev–Trinajstić information content (AvgIpc) is 3.11. The van der Waals surface area contributed by atoms with Gasteiger partial charge in [-0.2, -0.15) is 0 Å². The number of sulfonamides is 1. The van der Waals surface area contributed by atoms with Crippen molar-refractivity contribution in [2.24, 2.45) is 0 Å². The SMILES string of the molecule is CNC(=O)c1cc2cc(NS(=O)(=O)c3ccccc3OCCOC)ccc2[nH]1. The number of hydrogen-bond acceptors (Lipinski definition) is 5. The molecule has 1 amide bonds. The lowest BCUT2D eigenvalue weighted by Gasteiger charge is -2.13. The number of benzene rings is 2. The van der Waals surface area contributed by atoms with E-state index in [-0.39, 0.29) is 23.2 Å². The maximum atomic E-state index is 12.9. The van der Waals surface area contributed by atoms with Crippen LogP contribution in [0.4, 0.5) is 5.69 Å². The molecule has 0 spiro atoms. The lowest BCUT2D eigenvalue weighted by molar-refractivity contribution is 0.0959. The second kappa shape index (κ2) is 8.32. The second-order valence-electron chi connectivity index (χ2n) is 5.96. The molecule has 0 saturated heterocycles. The maximum Gasteiger partial charge on any atom is 0.267 e. The fraction of sp³-hybridized carbons (Fsp3) is 0.211. The third-order valence-electron chi connectivity index (χ3n) is 4.03. The van der Waals surface area contributed by atoms with Gasteiger partial charge < -0.3 is 19.8 Å². The zero-order valence-electron chi connectivity index (χ0n) is 15.5. The molecule has 1 aromatic heterocycles. The number of ether oxygens (including phenoxy) is 2. The Kier molecular flexibility index (Phi) is 5.86. The van der Waals surface area contributed by atoms with Crippen LogP contribution in [0.3, 0.4) is 0 Å². The fourth-order valence-corrected chi connectivity index (χ4v) is 3.89. The smallest absolute Gasteiger partial charge is 0.267 e. The van der Waals surface area contributed by atoms with Gasteiger partial charge in [0.15, 0.2) is 0 Å². The number of carbonyl (C=O) groups excluding carboxylic acids is 1. The Morgan fingerprint density at radius 3 is 2.64 bits per heavy atom. The van der Waals surface area contributed by atoms with E-state index in [9.17, 15) is 13.2 Å². The monoisotopic (exact) mass is 403 g/mol. The Balaban J connectivity index is 1.87. The third kappa shape index (κ3) is 4.26. The summed E-state index contributed by atoms with van der Waals surface area (Å²) in [6.07, 6.45) is 0. The molecule has 8 nitrogen and oxygen atoms in total. The van der Waals surface area contributed by atoms with Crippen LogP contribution in [-0.4, -0.2) is 46.7 Å². The first kappa shape index (κ1) is 19.7. The fourth-order valence-electron chi connectivity index (χ4n) is 2.69. The number of amides is 1. The zero-order valence-corrected chi connectivity index (χ0v) is 16.3. The van der Waals surface area contributed by atoms with Gasteiger partial charge in [-0.1, -0.05) is 12.1 Å². The summed E-state index contributed by atoms with van der Waals surface area (Å²) in [7, 11) is -0.786. The predicted molar refractivity (Wildman–Crippen MR) is 106 cm³/mol. The molecule has 9 heteroatoms. The topological polar surface area (TPSA) is 110 Å². The highest BCUT2D eigenvalue weighted by molar-refractivity contribution is 7.92. The summed E-state index contributed by atoms with van der Waals surface area (Å²) in [5.74, 6) is -0.00265. The number of hydrogen-bond donors (Lipinski definition) is 3. The number of aromatic nitrogens is 1. The van der Waals surface area contributed by atoms with Gasteiger partial charge in [-0.05, 0) is 36.4 Å². The lowest BCUT2D eigenvalue weighted by atomic mass is 10.2. The van der Waals surface area contributed by atoms with Crippen molar-refractivity contribution in [2.45, 2.75) is 4.90 Å². The summed E-state index contributed by atoms with van der Waals surface area (Å²) in [6, 6.07) is 13.0. The average molecular weight is 403 g/mol. The Morgan fingerprint density at radius 2 is 1.89 bits per heavy atom. The van der Waals surface area contributed by atoms with E-state index in [1.54, 1.807) is 56.6 Å². The number of carbonyl (C=O) groups is 1. The summed E-state index contributed by atoms with van der Waals surface area (Å²) in [4.78, 5) is 14.8. The molecule has 2 aromatic carbocycles. The van der Waals surface area contributed by atoms with Crippen molar-refractivity contribution in [3.05, 3.63) is 54.2 Å². The van der Waals surface area contributed by atoms with Gasteiger partial charge in [-0.15, -0.1) is 0 Å². The third-order valence-corrected chi connectivity index (χ3v) is 5.45. The van der Waals surface area contributed by atoms with Gasteiger partial charge in [0.05, 0.1) is 6.61 Å². The van der Waals surface area contributed by atoms with Crippen LogP contribution in [0, 0.1) is 0 Å². The molecule has 1 heterocycles. The Labute approximate surface area is 162 Å². The minimum absolute atomic E-state index is 0.0336. The highest BCUT2D eigenvalue weighted by Crippen LogP contribution is 2.27. The number of nitrogens with one attached hydrogen (secondary N) is 3. The van der Waals surface area contributed by atoms with Crippen molar-refractivity contribution >= 4 is 32.5 Å². The Morgan fingerprint density at radius 1 is 1.11 bits per heavy atom. The van der Waals surface area contributed by atoms with Crippen molar-refractivity contribution in [1.82, 2.24) is 10.3 Å². The number of rotatable bonds is 8. The van der Waals surface area contributed by atoms with Gasteiger partial charge in [-0.3, -0.25) is 9.52 Å². The van der Waals surface area contributed by atoms with Crippen molar-refractivity contribution < 1.29 is 22.7 Å². The molecular weight excluding hydrogens is 382 g/mol. The number of anilines is 1. The van der Waals surface area contributed by atoms with E-state index in [0.29, 0.717) is 23.4 Å². The molecule has 0 unspecified atom stereocenters. The second-order valence-corrected chi connectivity index (χ2v) is 7.61. The number of methoxy groups -OCH3 is 1. The van der Waals surface area contributed by atoms with Crippen LogP contribution in [0.25, 0.3) is 10.9 Å². The largest absolute Gasteiger partial charge is 0.490 e. The molecule has 28 heavy (non-hydrogen) atoms. The van der Waals surface area contributed by atoms with Gasteiger partial charge in [0.1, 0.15) is 22.9 Å². The molecule has 0 radical (unpaired) electrons. The van der Waals surface area contributed by atoms with Gasteiger partial charge >= 0.3 is 0 Å². The first-order valence-electron chi connectivity index (χ1n) is 8.53. The van der Waals surface area contributed by atoms with Crippen molar-refractivity contribution in [3.63, 3.8) is 0 Å². The summed E-state index contributed by atoms with van der Waals surface area (Å²) < 4.78 is 38.7. The molecule has 0 atom stereocenters. The number of aromatic amines is 1. The van der Waals surface area contributed by atoms with E-state index in [0.717, 1.165) is 5.52 Å². The summed E-state index contributed by atoms with van der Waals surface area (Å²) in [5.41, 5.74) is 1.50. The van der Waals surface area contributed by atoms with E-state index in [1.807, 2.05) is 0 Å². The minimum Gasteiger partial charge on any atom is -0.490 e. The molecule has 0 aliphatic heterocycles. The zero-order chi connectivity index (χ0) is 20.1. The summed E-state index contributed by atoms with van der Waals surface area (Å²) in [6.45, 7) is 0.584. The molecule has 0 aliphatic carbocycles. The van der Waals surface area contributed by atoms with Crippen LogP contribution in [0.5, 0.6) is 5.75 Å². The van der Waals surface area contributed by atoms with E-state index in [4.69, 9.17) is 9.47 Å². The quantitative estimate of drug-likeness (QED) is 0.500. The van der Waals surface area contributed by atoms with Gasteiger partial charge in [0.25, 0.3) is 15.9 Å². The van der Waals surface area contributed by atoms with Gasteiger partial charge in [0.2, 0.25) is 0 Å². The minimum atomic E-state index is -3.87. The van der Waals surface area contributed by atoms with Crippen LogP contribution >= 0.6 is 0 Å². The molecule has 148 valence electrons. The standard InChI is InChI=1S/C19H21N3O5S/c1-20-19(23)16-12-13-11-14(7-8-15(13)21-16)22-28(24,25)18-6-4-3-5-17(18)27-10-9-26-2/h3-8,11-12,21-22H,9-10H2,1-2H3,(H,20,23). The van der Waals surface area contributed by atoms with Crippen molar-refractivity contribution in [1.29, 1.82) is 0 Å². The summed E-state index contributed by atoms with van der Waals surface area (Å²) >= 11 is 0. The van der Waals surface area contributed by atoms with Crippen molar-refractivity contribution in [3.8, 4) is 5.75 Å². The Bertz CT molecular complexity index is 1090. The molecule has 3 N–H and O–H groups in total. The van der Waals surface area contributed by atoms with Crippen LogP contribution in [0.15, 0.2) is 53.4 Å². The number of fused-ring (bicyclic) bond motifs is 1. The molecule has 0 aliphatic rings. The molecular formula is C19H21N3O5S. The number of para-hydroxylation sites is 1. The van der Waals surface area contributed by atoms with E-state index in [1.165, 1.54) is 6.07 Å². The molecule has 3 aromatic rings. The normalized spacial score (nSPS) is 11.4. The van der Waals surface area contributed by atoms with E-state index in [2.05, 4.69) is 15.0 Å². The molecule has 0 bridgehead atoms. The summed E-state index contributed by atoms with van der Waals surface area (Å²) in [5, 5.41) is 3.25. The van der Waals surface area contributed by atoms with E-state index >= 15 is 0 Å². The van der Waals surface area contributed by atoms with E-state index < -0.39 is 10.0 Å². The lowest BCUT2D eigenvalue weighted by Crippen LogP contribution is -2.17. The predicted octanol–water partition coefficient (Wildman–Crippen LogP) is 2.35. The number of H-pyrrole nitrogens is 1. The Hall–Kier alpha value is -3.04. The maximum absolute atomic E-state index is 12.9. The van der Waals surface area contributed by atoms with Gasteiger partial charge in [-0.25, -0.2) is 8.42 Å². The van der Waals surface area contributed by atoms with Crippen LogP contribution in [0.1, 0.15) is 10.5 Å². The van der Waals surface area contributed by atoms with Crippen molar-refractivity contribution in [2.75, 3.05) is 32.1 Å². The van der Waals surface area contributed by atoms with Crippen LogP contribution < -0.4 is 14.8 Å². The molecule has 3 rings (SSSR count). The molecule has 0 fully saturated rings. The molecule has 0 saturated carbocycles. The highest BCUT2D eigenvalue weighted by Gasteiger charge is 2.20. The van der Waals surface area contributed by atoms with Gasteiger partial charge in [0, 0.05) is 30.7 Å². The first-order chi connectivity index (χ1) is 13.4. The highest BCUT2D eigenvalue weighted by atomic mass is 32.2. The van der Waals surface area contributed by atoms with Crippen LogP contribution in [-0.2, 0) is 14.8 Å². The first-order valence-corrected chi connectivity index (χ1v) is 10.0. The van der Waals surface area contributed by atoms with Crippen LogP contribution in [0.2, 0.25) is 0 Å².